The van der Waals surface area contributed by atoms with Crippen LogP contribution in [-0.4, -0.2) is 9.97 Å². The minimum Gasteiger partial charge on any atom is -0.339 e. The van der Waals surface area contributed by atoms with E-state index in [-0.39, 0.29) is 0 Å². The number of aromatic nitrogens is 2. The molecule has 1 heterocycles. The van der Waals surface area contributed by atoms with Crippen LogP contribution in [0.5, 0.6) is 0 Å². The maximum Gasteiger partial charge on any atom is 0.158 e. The number of anilines is 2. The van der Waals surface area contributed by atoms with Crippen LogP contribution in [0, 0.1) is 14.9 Å². The quantitative estimate of drug-likeness (QED) is 0.864. The molecule has 0 radical (unpaired) electrons. The third-order valence-electron chi connectivity index (χ3n) is 1.86. The van der Waals surface area contributed by atoms with Crippen LogP contribution >= 0.6 is 22.6 Å². The molecular formula is C11H7IN4. The lowest BCUT2D eigenvalue weighted by molar-refractivity contribution is 1.16. The first-order valence-corrected chi connectivity index (χ1v) is 5.60. The first kappa shape index (κ1) is 10.8. The molecule has 0 saturated heterocycles. The van der Waals surface area contributed by atoms with Gasteiger partial charge < -0.3 is 5.32 Å². The van der Waals surface area contributed by atoms with Gasteiger partial charge in [0.2, 0.25) is 0 Å². The zero-order chi connectivity index (χ0) is 11.4. The standard InChI is InChI=1S/C11H7IN4/c12-8-2-1-3-9(4-8)16-11-7-14-10(5-13)6-15-11/h1-4,6-7H,(H,15,16). The fourth-order valence-corrected chi connectivity index (χ4v) is 1.71. The van der Waals surface area contributed by atoms with Crippen molar-refractivity contribution in [2.75, 3.05) is 5.32 Å². The summed E-state index contributed by atoms with van der Waals surface area (Å²) < 4.78 is 1.14. The summed E-state index contributed by atoms with van der Waals surface area (Å²) in [7, 11) is 0. The molecule has 0 aliphatic rings. The Kier molecular flexibility index (Phi) is 3.31. The van der Waals surface area contributed by atoms with E-state index < -0.39 is 0 Å². The Hall–Kier alpha value is -1.68. The Morgan fingerprint density at radius 3 is 2.75 bits per heavy atom. The van der Waals surface area contributed by atoms with Crippen molar-refractivity contribution in [3.8, 4) is 6.07 Å². The predicted molar refractivity (Wildman–Crippen MR) is 69.2 cm³/mol. The summed E-state index contributed by atoms with van der Waals surface area (Å²) in [6, 6.07) is 9.84. The van der Waals surface area contributed by atoms with Gasteiger partial charge in [-0.05, 0) is 40.8 Å². The summed E-state index contributed by atoms with van der Waals surface area (Å²) in [5, 5.41) is 11.7. The van der Waals surface area contributed by atoms with Crippen molar-refractivity contribution >= 4 is 34.1 Å². The minimum atomic E-state index is 0.313. The molecule has 0 bridgehead atoms. The molecule has 4 nitrogen and oxygen atoms in total. The summed E-state index contributed by atoms with van der Waals surface area (Å²) >= 11 is 2.24. The first-order valence-electron chi connectivity index (χ1n) is 4.52. The molecule has 2 aromatic rings. The lowest BCUT2D eigenvalue weighted by Gasteiger charge is -2.04. The molecule has 0 aliphatic heterocycles. The van der Waals surface area contributed by atoms with Gasteiger partial charge in [0.1, 0.15) is 11.9 Å². The molecule has 1 N–H and O–H groups in total. The van der Waals surface area contributed by atoms with Gasteiger partial charge in [0.25, 0.3) is 0 Å². The summed E-state index contributed by atoms with van der Waals surface area (Å²) in [5.41, 5.74) is 1.26. The molecule has 0 amide bonds. The molecule has 0 fully saturated rings. The summed E-state index contributed by atoms with van der Waals surface area (Å²) in [4.78, 5) is 8.00. The first-order chi connectivity index (χ1) is 7.78. The number of nitrogens with one attached hydrogen (secondary N) is 1. The van der Waals surface area contributed by atoms with Crippen molar-refractivity contribution < 1.29 is 0 Å². The van der Waals surface area contributed by atoms with Gasteiger partial charge >= 0.3 is 0 Å². The van der Waals surface area contributed by atoms with E-state index in [4.69, 9.17) is 5.26 Å². The summed E-state index contributed by atoms with van der Waals surface area (Å²) in [6.07, 6.45) is 2.98. The zero-order valence-corrected chi connectivity index (χ0v) is 10.3. The van der Waals surface area contributed by atoms with Gasteiger partial charge in [-0.2, -0.15) is 5.26 Å². The highest BCUT2D eigenvalue weighted by Crippen LogP contribution is 2.16. The molecule has 0 atom stereocenters. The van der Waals surface area contributed by atoms with E-state index in [9.17, 15) is 0 Å². The highest BCUT2D eigenvalue weighted by Gasteiger charge is 1.97. The number of hydrogen-bond acceptors (Lipinski definition) is 4. The molecule has 78 valence electrons. The largest absolute Gasteiger partial charge is 0.339 e. The predicted octanol–water partition coefficient (Wildman–Crippen LogP) is 2.70. The maximum absolute atomic E-state index is 8.58. The number of nitrogens with zero attached hydrogens (tertiary/aromatic N) is 3. The Balaban J connectivity index is 2.18. The van der Waals surface area contributed by atoms with Crippen LogP contribution in [0.4, 0.5) is 11.5 Å². The molecule has 1 aromatic carbocycles. The third kappa shape index (κ3) is 2.67. The molecule has 1 aromatic heterocycles. The van der Waals surface area contributed by atoms with E-state index in [2.05, 4.69) is 37.9 Å². The van der Waals surface area contributed by atoms with E-state index >= 15 is 0 Å². The van der Waals surface area contributed by atoms with Crippen molar-refractivity contribution in [3.63, 3.8) is 0 Å². The third-order valence-corrected chi connectivity index (χ3v) is 2.53. The van der Waals surface area contributed by atoms with Crippen LogP contribution in [0.2, 0.25) is 0 Å². The number of hydrogen-bond donors (Lipinski definition) is 1. The van der Waals surface area contributed by atoms with E-state index in [1.807, 2.05) is 30.3 Å². The van der Waals surface area contributed by atoms with Crippen molar-refractivity contribution in [1.29, 1.82) is 5.26 Å². The van der Waals surface area contributed by atoms with Gasteiger partial charge in [-0.3, -0.25) is 0 Å². The molecule has 5 heteroatoms. The van der Waals surface area contributed by atoms with Crippen LogP contribution in [0.15, 0.2) is 36.7 Å². The fourth-order valence-electron chi connectivity index (χ4n) is 1.16. The van der Waals surface area contributed by atoms with Crippen LogP contribution in [0.3, 0.4) is 0 Å². The smallest absolute Gasteiger partial charge is 0.158 e. The van der Waals surface area contributed by atoms with Crippen LogP contribution in [0.1, 0.15) is 5.69 Å². The Bertz CT molecular complexity index is 530. The van der Waals surface area contributed by atoms with Crippen LogP contribution in [-0.2, 0) is 0 Å². The number of benzene rings is 1. The highest BCUT2D eigenvalue weighted by atomic mass is 127. The number of rotatable bonds is 2. The number of halogens is 1. The molecular weight excluding hydrogens is 315 g/mol. The van der Waals surface area contributed by atoms with E-state index in [0.29, 0.717) is 11.5 Å². The Labute approximate surface area is 106 Å². The van der Waals surface area contributed by atoms with Crippen LogP contribution < -0.4 is 5.32 Å². The van der Waals surface area contributed by atoms with Gasteiger partial charge in [0.15, 0.2) is 5.69 Å². The molecule has 0 saturated carbocycles. The maximum atomic E-state index is 8.58. The second-order valence-corrected chi connectivity index (χ2v) is 4.28. The summed E-state index contributed by atoms with van der Waals surface area (Å²) in [6.45, 7) is 0. The van der Waals surface area contributed by atoms with Crippen LogP contribution in [0.25, 0.3) is 0 Å². The average Bonchev–Trinajstić information content (AvgIpc) is 2.30. The zero-order valence-electron chi connectivity index (χ0n) is 8.18. The lowest BCUT2D eigenvalue weighted by atomic mass is 10.3. The minimum absolute atomic E-state index is 0.313. The monoisotopic (exact) mass is 322 g/mol. The van der Waals surface area contributed by atoms with E-state index in [1.54, 1.807) is 6.20 Å². The normalized spacial score (nSPS) is 9.50. The molecule has 16 heavy (non-hydrogen) atoms. The number of nitriles is 1. The second-order valence-electron chi connectivity index (χ2n) is 3.03. The van der Waals surface area contributed by atoms with Crippen molar-refractivity contribution in [2.24, 2.45) is 0 Å². The fraction of sp³-hybridized carbons (Fsp3) is 0. The SMILES string of the molecule is N#Cc1cnc(Nc2cccc(I)c2)cn1. The summed E-state index contributed by atoms with van der Waals surface area (Å²) in [5.74, 6) is 0.626. The van der Waals surface area contributed by atoms with Gasteiger partial charge in [0, 0.05) is 9.26 Å². The van der Waals surface area contributed by atoms with Gasteiger partial charge in [-0.25, -0.2) is 9.97 Å². The van der Waals surface area contributed by atoms with E-state index in [1.165, 1.54) is 6.20 Å². The molecule has 0 aliphatic carbocycles. The van der Waals surface area contributed by atoms with Gasteiger partial charge in [-0.1, -0.05) is 6.07 Å². The Morgan fingerprint density at radius 1 is 1.25 bits per heavy atom. The molecule has 0 unspecified atom stereocenters. The van der Waals surface area contributed by atoms with Crippen molar-refractivity contribution in [3.05, 3.63) is 45.9 Å². The van der Waals surface area contributed by atoms with Crippen molar-refractivity contribution in [1.82, 2.24) is 9.97 Å². The van der Waals surface area contributed by atoms with Gasteiger partial charge in [0.05, 0.1) is 12.4 Å². The Morgan fingerprint density at radius 2 is 2.12 bits per heavy atom. The van der Waals surface area contributed by atoms with Crippen molar-refractivity contribution in [2.45, 2.75) is 0 Å². The molecule has 0 spiro atoms. The average molecular weight is 322 g/mol. The molecule has 2 rings (SSSR count). The highest BCUT2D eigenvalue weighted by molar-refractivity contribution is 14.1. The van der Waals surface area contributed by atoms with Gasteiger partial charge in [-0.15, -0.1) is 0 Å². The van der Waals surface area contributed by atoms with E-state index in [0.717, 1.165) is 9.26 Å². The second kappa shape index (κ2) is 4.90. The topological polar surface area (TPSA) is 61.6 Å². The lowest BCUT2D eigenvalue weighted by Crippen LogP contribution is -1.95.